The number of rotatable bonds is 2. The number of para-hydroxylation sites is 1. The van der Waals surface area contributed by atoms with Gasteiger partial charge in [-0.3, -0.25) is 4.79 Å². The quantitative estimate of drug-likeness (QED) is 0.769. The Labute approximate surface area is 162 Å². The average Bonchev–Trinajstić information content (AvgIpc) is 3.02. The number of benzene rings is 1. The summed E-state index contributed by atoms with van der Waals surface area (Å²) in [5.74, 6) is 0.607. The third kappa shape index (κ3) is 3.45. The van der Waals surface area contributed by atoms with Gasteiger partial charge in [-0.2, -0.15) is 13.2 Å². The van der Waals surface area contributed by atoms with Gasteiger partial charge in [0, 0.05) is 36.9 Å². The van der Waals surface area contributed by atoms with E-state index in [1.807, 2.05) is 28.0 Å². The van der Waals surface area contributed by atoms with Gasteiger partial charge in [-0.15, -0.1) is 0 Å². The minimum atomic E-state index is -4.38. The number of amides is 1. The third-order valence-corrected chi connectivity index (χ3v) is 5.69. The number of halogens is 3. The number of pyridine rings is 1. The number of carbonyl (C=O) groups excluding carboxylic acids is 1. The summed E-state index contributed by atoms with van der Waals surface area (Å²) in [5.41, 5.74) is 1.46. The van der Waals surface area contributed by atoms with Gasteiger partial charge in [-0.1, -0.05) is 18.2 Å². The van der Waals surface area contributed by atoms with E-state index in [9.17, 15) is 18.0 Å². The first-order chi connectivity index (χ1) is 13.3. The van der Waals surface area contributed by atoms with Gasteiger partial charge in [0.05, 0.1) is 5.56 Å². The molecule has 1 fully saturated rings. The maximum absolute atomic E-state index is 13.1. The van der Waals surface area contributed by atoms with E-state index in [0.717, 1.165) is 24.4 Å². The zero-order chi connectivity index (χ0) is 19.9. The first-order valence-corrected chi connectivity index (χ1v) is 9.54. The predicted molar refractivity (Wildman–Crippen MR) is 101 cm³/mol. The van der Waals surface area contributed by atoms with E-state index < -0.39 is 11.7 Å². The largest absolute Gasteiger partial charge is 0.417 e. The molecule has 0 radical (unpaired) electrons. The normalized spacial score (nSPS) is 20.4. The molecular weight excluding hydrogens is 367 g/mol. The highest BCUT2D eigenvalue weighted by molar-refractivity contribution is 5.97. The zero-order valence-electron chi connectivity index (χ0n) is 15.6. The van der Waals surface area contributed by atoms with Crippen LogP contribution >= 0.6 is 0 Å². The number of aromatic nitrogens is 1. The summed E-state index contributed by atoms with van der Waals surface area (Å²) in [4.78, 5) is 21.0. The van der Waals surface area contributed by atoms with Crippen molar-refractivity contribution < 1.29 is 18.0 Å². The Hall–Kier alpha value is -2.57. The van der Waals surface area contributed by atoms with Crippen LogP contribution in [0.1, 0.15) is 30.9 Å². The van der Waals surface area contributed by atoms with Crippen molar-refractivity contribution in [2.75, 3.05) is 22.9 Å². The second-order valence-electron chi connectivity index (χ2n) is 7.55. The summed E-state index contributed by atoms with van der Waals surface area (Å²) >= 11 is 0. The minimum Gasteiger partial charge on any atom is -0.357 e. The maximum Gasteiger partial charge on any atom is 0.417 e. The van der Waals surface area contributed by atoms with Crippen LogP contribution < -0.4 is 9.80 Å². The van der Waals surface area contributed by atoms with Crippen molar-refractivity contribution in [3.63, 3.8) is 0 Å². The van der Waals surface area contributed by atoms with Crippen LogP contribution in [-0.4, -0.2) is 30.0 Å². The van der Waals surface area contributed by atoms with Gasteiger partial charge in [-0.25, -0.2) is 4.98 Å². The minimum absolute atomic E-state index is 0.0701. The van der Waals surface area contributed by atoms with Crippen LogP contribution in [-0.2, 0) is 17.4 Å². The number of hydrogen-bond acceptors (Lipinski definition) is 3. The molecule has 2 aliphatic rings. The molecule has 1 aromatic carbocycles. The van der Waals surface area contributed by atoms with E-state index in [1.54, 1.807) is 0 Å². The van der Waals surface area contributed by atoms with Crippen molar-refractivity contribution in [1.82, 2.24) is 4.98 Å². The Morgan fingerprint density at radius 3 is 2.46 bits per heavy atom. The highest BCUT2D eigenvalue weighted by atomic mass is 19.4. The SMILES string of the molecule is C[C@H]1Cc2ccccc2N1C(=O)C1CCN(c2ccc(C(F)(F)F)cn2)CC1. The Morgan fingerprint density at radius 2 is 1.82 bits per heavy atom. The Balaban J connectivity index is 1.41. The van der Waals surface area contributed by atoms with E-state index in [2.05, 4.69) is 18.0 Å². The van der Waals surface area contributed by atoms with E-state index in [4.69, 9.17) is 0 Å². The van der Waals surface area contributed by atoms with Crippen LogP contribution in [0.25, 0.3) is 0 Å². The molecule has 0 spiro atoms. The van der Waals surface area contributed by atoms with Crippen LogP contribution in [0.2, 0.25) is 0 Å². The molecule has 1 aromatic heterocycles. The number of fused-ring (bicyclic) bond motifs is 1. The van der Waals surface area contributed by atoms with Crippen molar-refractivity contribution in [2.24, 2.45) is 5.92 Å². The molecule has 7 heteroatoms. The van der Waals surface area contributed by atoms with Gasteiger partial charge >= 0.3 is 6.18 Å². The van der Waals surface area contributed by atoms with Crippen LogP contribution in [0.15, 0.2) is 42.6 Å². The number of piperidine rings is 1. The van der Waals surface area contributed by atoms with Crippen molar-refractivity contribution in [2.45, 2.75) is 38.4 Å². The molecule has 0 bridgehead atoms. The standard InChI is InChI=1S/C21H22F3N3O/c1-14-12-16-4-2-3-5-18(16)27(14)20(28)15-8-10-26(11-9-15)19-7-6-17(13-25-19)21(22,23)24/h2-7,13-15H,8-12H2,1H3/t14-/m0/s1. The van der Waals surface area contributed by atoms with Crippen LogP contribution in [0.5, 0.6) is 0 Å². The lowest BCUT2D eigenvalue weighted by molar-refractivity contribution is -0.137. The number of carbonyl (C=O) groups is 1. The van der Waals surface area contributed by atoms with Crippen LogP contribution in [0.3, 0.4) is 0 Å². The smallest absolute Gasteiger partial charge is 0.357 e. The van der Waals surface area contributed by atoms with E-state index >= 15 is 0 Å². The summed E-state index contributed by atoms with van der Waals surface area (Å²) in [5, 5.41) is 0. The number of nitrogens with zero attached hydrogens (tertiary/aromatic N) is 3. The van der Waals surface area contributed by atoms with Crippen LogP contribution in [0, 0.1) is 5.92 Å². The molecule has 2 aliphatic heterocycles. The van der Waals surface area contributed by atoms with Gasteiger partial charge in [0.1, 0.15) is 5.82 Å². The lowest BCUT2D eigenvalue weighted by Crippen LogP contribution is -2.45. The van der Waals surface area contributed by atoms with Gasteiger partial charge in [0.25, 0.3) is 0 Å². The predicted octanol–water partition coefficient (Wildman–Crippen LogP) is 4.29. The van der Waals surface area contributed by atoms with Gasteiger partial charge in [0.2, 0.25) is 5.91 Å². The lowest BCUT2D eigenvalue weighted by Gasteiger charge is -2.35. The lowest BCUT2D eigenvalue weighted by atomic mass is 9.94. The van der Waals surface area contributed by atoms with Gasteiger partial charge in [-0.05, 0) is 49.9 Å². The fourth-order valence-electron chi connectivity index (χ4n) is 4.19. The highest BCUT2D eigenvalue weighted by Gasteiger charge is 2.36. The molecule has 0 aliphatic carbocycles. The van der Waals surface area contributed by atoms with E-state index in [0.29, 0.717) is 31.7 Å². The van der Waals surface area contributed by atoms with Gasteiger partial charge in [0.15, 0.2) is 0 Å². The first kappa shape index (κ1) is 18.8. The van der Waals surface area contributed by atoms with Crippen molar-refractivity contribution in [3.05, 3.63) is 53.7 Å². The summed E-state index contributed by atoms with van der Waals surface area (Å²) in [6, 6.07) is 10.6. The number of hydrogen-bond donors (Lipinski definition) is 0. The Kier molecular flexibility index (Phi) is 4.77. The van der Waals surface area contributed by atoms with Crippen LogP contribution in [0.4, 0.5) is 24.7 Å². The fraction of sp³-hybridized carbons (Fsp3) is 0.429. The molecule has 0 N–H and O–H groups in total. The number of alkyl halides is 3. The van der Waals surface area contributed by atoms with Gasteiger partial charge < -0.3 is 9.80 Å². The Bertz CT molecular complexity index is 858. The second kappa shape index (κ2) is 7.11. The summed E-state index contributed by atoms with van der Waals surface area (Å²) in [6.45, 7) is 3.29. The Morgan fingerprint density at radius 1 is 1.11 bits per heavy atom. The van der Waals surface area contributed by atoms with Crippen molar-refractivity contribution >= 4 is 17.4 Å². The highest BCUT2D eigenvalue weighted by Crippen LogP contribution is 2.35. The molecular formula is C21H22F3N3O. The molecule has 4 rings (SSSR count). The topological polar surface area (TPSA) is 36.4 Å². The molecule has 1 atom stereocenters. The summed E-state index contributed by atoms with van der Waals surface area (Å²) < 4.78 is 38.1. The number of anilines is 2. The molecule has 0 unspecified atom stereocenters. The molecule has 148 valence electrons. The summed E-state index contributed by atoms with van der Waals surface area (Å²) in [6.07, 6.45) is -1.29. The summed E-state index contributed by atoms with van der Waals surface area (Å²) in [7, 11) is 0. The molecule has 2 aromatic rings. The zero-order valence-corrected chi connectivity index (χ0v) is 15.6. The maximum atomic E-state index is 13.1. The van der Waals surface area contributed by atoms with E-state index in [-0.39, 0.29) is 17.9 Å². The fourth-order valence-corrected chi connectivity index (χ4v) is 4.19. The monoisotopic (exact) mass is 389 g/mol. The van der Waals surface area contributed by atoms with E-state index in [1.165, 1.54) is 11.6 Å². The molecule has 4 nitrogen and oxygen atoms in total. The molecule has 0 saturated carbocycles. The third-order valence-electron chi connectivity index (χ3n) is 5.69. The van der Waals surface area contributed by atoms with Crippen molar-refractivity contribution in [1.29, 1.82) is 0 Å². The molecule has 1 saturated heterocycles. The van der Waals surface area contributed by atoms with Crippen molar-refractivity contribution in [3.8, 4) is 0 Å². The first-order valence-electron chi connectivity index (χ1n) is 9.54. The molecule has 3 heterocycles. The molecule has 1 amide bonds. The molecule has 28 heavy (non-hydrogen) atoms. The second-order valence-corrected chi connectivity index (χ2v) is 7.55. The average molecular weight is 389 g/mol.